The number of amides is 3. The highest BCUT2D eigenvalue weighted by Gasteiger charge is 2.31. The predicted molar refractivity (Wildman–Crippen MR) is 115 cm³/mol. The summed E-state index contributed by atoms with van der Waals surface area (Å²) in [6.07, 6.45) is 2.01. The fourth-order valence-corrected chi connectivity index (χ4v) is 3.58. The monoisotopic (exact) mass is 403 g/mol. The average molecular weight is 403 g/mol. The molecule has 0 radical (unpaired) electrons. The Bertz CT molecular complexity index is 1030. The number of rotatable bonds is 6. The second kappa shape index (κ2) is 8.51. The first-order chi connectivity index (χ1) is 14.5. The highest BCUT2D eigenvalue weighted by molar-refractivity contribution is 5.98. The number of carbonyl (C=O) groups excluding carboxylic acids is 2. The molecule has 154 valence electrons. The van der Waals surface area contributed by atoms with Gasteiger partial charge in [-0.15, -0.1) is 0 Å². The highest BCUT2D eigenvalue weighted by atomic mass is 16.2. The molecule has 1 saturated heterocycles. The van der Waals surface area contributed by atoms with Gasteiger partial charge < -0.3 is 5.32 Å². The highest BCUT2D eigenvalue weighted by Crippen LogP contribution is 2.25. The molecule has 4 rings (SSSR count). The normalized spacial score (nSPS) is 14.8. The number of hydrogen-bond acceptors (Lipinski definition) is 4. The number of likely N-dealkylation sites (N-methyl/N-ethyl adjacent to an activating group) is 1. The number of para-hydroxylation sites is 1. The molecule has 0 unspecified atom stereocenters. The summed E-state index contributed by atoms with van der Waals surface area (Å²) >= 11 is 0. The number of aromatic nitrogens is 2. The topological polar surface area (TPSA) is 70.5 Å². The van der Waals surface area contributed by atoms with Gasteiger partial charge in [-0.05, 0) is 26.1 Å². The zero-order valence-corrected chi connectivity index (χ0v) is 17.2. The van der Waals surface area contributed by atoms with E-state index in [0.717, 1.165) is 22.5 Å². The molecule has 1 atom stereocenters. The van der Waals surface area contributed by atoms with E-state index in [1.165, 1.54) is 4.90 Å². The van der Waals surface area contributed by atoms with Gasteiger partial charge in [0.2, 0.25) is 5.91 Å². The van der Waals surface area contributed by atoms with Crippen molar-refractivity contribution >= 4 is 11.9 Å². The summed E-state index contributed by atoms with van der Waals surface area (Å²) in [5.41, 5.74) is 3.89. The van der Waals surface area contributed by atoms with E-state index < -0.39 is 6.04 Å². The van der Waals surface area contributed by atoms with Gasteiger partial charge in [0.1, 0.15) is 0 Å². The minimum absolute atomic E-state index is 0.191. The Morgan fingerprint density at radius 1 is 1.13 bits per heavy atom. The van der Waals surface area contributed by atoms with Crippen molar-refractivity contribution in [1.82, 2.24) is 24.9 Å². The molecule has 2 aromatic carbocycles. The van der Waals surface area contributed by atoms with Crippen molar-refractivity contribution in [1.29, 1.82) is 0 Å². The predicted octanol–water partition coefficient (Wildman–Crippen LogP) is 2.91. The molecule has 1 aromatic heterocycles. The lowest BCUT2D eigenvalue weighted by Crippen LogP contribution is -2.46. The van der Waals surface area contributed by atoms with E-state index in [9.17, 15) is 9.59 Å². The second-order valence-corrected chi connectivity index (χ2v) is 7.46. The molecular weight excluding hydrogens is 378 g/mol. The number of carbonyl (C=O) groups is 2. The third-order valence-electron chi connectivity index (χ3n) is 5.42. The van der Waals surface area contributed by atoms with Crippen molar-refractivity contribution in [2.45, 2.75) is 19.5 Å². The van der Waals surface area contributed by atoms with Crippen LogP contribution in [0.5, 0.6) is 0 Å². The number of benzene rings is 2. The zero-order chi connectivity index (χ0) is 21.1. The lowest BCUT2D eigenvalue weighted by Gasteiger charge is -2.26. The van der Waals surface area contributed by atoms with E-state index in [4.69, 9.17) is 5.10 Å². The molecule has 1 fully saturated rings. The number of imide groups is 1. The van der Waals surface area contributed by atoms with Crippen LogP contribution in [-0.4, -0.2) is 57.7 Å². The SMILES string of the molecule is C[C@H](C(=O)N1CCNC1=O)N(C)Cc1cn(-c2ccccc2)nc1-c1ccccc1. The van der Waals surface area contributed by atoms with Crippen LogP contribution in [0, 0.1) is 0 Å². The summed E-state index contributed by atoms with van der Waals surface area (Å²) in [5.74, 6) is -0.191. The first-order valence-corrected chi connectivity index (χ1v) is 10.0. The van der Waals surface area contributed by atoms with E-state index in [1.807, 2.05) is 90.4 Å². The Balaban J connectivity index is 1.61. The molecule has 2 heterocycles. The minimum atomic E-state index is -0.433. The van der Waals surface area contributed by atoms with Gasteiger partial charge in [0.05, 0.1) is 17.4 Å². The van der Waals surface area contributed by atoms with Crippen molar-refractivity contribution in [2.75, 3.05) is 20.1 Å². The Hall–Kier alpha value is -3.45. The minimum Gasteiger partial charge on any atom is -0.336 e. The maximum atomic E-state index is 12.8. The molecule has 0 bridgehead atoms. The summed E-state index contributed by atoms with van der Waals surface area (Å²) < 4.78 is 1.87. The Morgan fingerprint density at radius 3 is 2.43 bits per heavy atom. The van der Waals surface area contributed by atoms with Crippen molar-refractivity contribution in [3.05, 3.63) is 72.4 Å². The molecule has 1 aliphatic rings. The van der Waals surface area contributed by atoms with Crippen LogP contribution in [-0.2, 0) is 11.3 Å². The van der Waals surface area contributed by atoms with Crippen LogP contribution in [0.1, 0.15) is 12.5 Å². The van der Waals surface area contributed by atoms with Gasteiger partial charge in [-0.2, -0.15) is 5.10 Å². The molecule has 0 saturated carbocycles. The fourth-order valence-electron chi connectivity index (χ4n) is 3.58. The number of nitrogens with one attached hydrogen (secondary N) is 1. The first-order valence-electron chi connectivity index (χ1n) is 10.0. The third kappa shape index (κ3) is 3.97. The van der Waals surface area contributed by atoms with Gasteiger partial charge in [0, 0.05) is 37.0 Å². The Labute approximate surface area is 175 Å². The van der Waals surface area contributed by atoms with Gasteiger partial charge in [-0.3, -0.25) is 14.6 Å². The summed E-state index contributed by atoms with van der Waals surface area (Å²) in [6, 6.07) is 19.2. The van der Waals surface area contributed by atoms with Gasteiger partial charge in [-0.25, -0.2) is 9.48 Å². The van der Waals surface area contributed by atoms with Crippen LogP contribution in [0.15, 0.2) is 66.9 Å². The van der Waals surface area contributed by atoms with E-state index >= 15 is 0 Å². The third-order valence-corrected chi connectivity index (χ3v) is 5.42. The second-order valence-electron chi connectivity index (χ2n) is 7.46. The molecular formula is C23H25N5O2. The van der Waals surface area contributed by atoms with Crippen LogP contribution in [0.2, 0.25) is 0 Å². The van der Waals surface area contributed by atoms with E-state index in [-0.39, 0.29) is 11.9 Å². The molecule has 1 aliphatic heterocycles. The molecule has 30 heavy (non-hydrogen) atoms. The average Bonchev–Trinajstić information content (AvgIpc) is 3.40. The van der Waals surface area contributed by atoms with Crippen LogP contribution in [0.3, 0.4) is 0 Å². The van der Waals surface area contributed by atoms with Gasteiger partial charge in [0.15, 0.2) is 0 Å². The molecule has 0 spiro atoms. The molecule has 7 heteroatoms. The number of urea groups is 1. The Morgan fingerprint density at radius 2 is 1.80 bits per heavy atom. The van der Waals surface area contributed by atoms with Gasteiger partial charge in [0.25, 0.3) is 0 Å². The zero-order valence-electron chi connectivity index (χ0n) is 17.2. The molecule has 3 amide bonds. The number of nitrogens with zero attached hydrogens (tertiary/aromatic N) is 4. The summed E-state index contributed by atoms with van der Waals surface area (Å²) in [7, 11) is 1.89. The van der Waals surface area contributed by atoms with Crippen LogP contribution >= 0.6 is 0 Å². The first kappa shape index (κ1) is 19.8. The lowest BCUT2D eigenvalue weighted by molar-refractivity contribution is -0.132. The quantitative estimate of drug-likeness (QED) is 0.687. The molecule has 1 N–H and O–H groups in total. The Kier molecular flexibility index (Phi) is 5.63. The van der Waals surface area contributed by atoms with Crippen molar-refractivity contribution in [3.8, 4) is 16.9 Å². The summed E-state index contributed by atoms with van der Waals surface area (Å²) in [4.78, 5) is 27.9. The molecule has 7 nitrogen and oxygen atoms in total. The van der Waals surface area contributed by atoms with E-state index in [1.54, 1.807) is 0 Å². The fraction of sp³-hybridized carbons (Fsp3) is 0.261. The van der Waals surface area contributed by atoms with Crippen LogP contribution < -0.4 is 5.32 Å². The van der Waals surface area contributed by atoms with E-state index in [0.29, 0.717) is 19.6 Å². The molecule has 3 aromatic rings. The van der Waals surface area contributed by atoms with E-state index in [2.05, 4.69) is 5.32 Å². The van der Waals surface area contributed by atoms with Crippen LogP contribution in [0.25, 0.3) is 16.9 Å². The smallest absolute Gasteiger partial charge is 0.324 e. The summed E-state index contributed by atoms with van der Waals surface area (Å²) in [6.45, 7) is 3.28. The standard InChI is InChI=1S/C23H25N5O2/c1-17(22(29)27-14-13-24-23(27)30)26(2)15-19-16-28(20-11-7-4-8-12-20)25-21(19)18-9-5-3-6-10-18/h3-12,16-17H,13-15H2,1-2H3,(H,24,30)/t17-/m1/s1. The van der Waals surface area contributed by atoms with Gasteiger partial charge in [-0.1, -0.05) is 48.5 Å². The lowest BCUT2D eigenvalue weighted by atomic mass is 10.1. The van der Waals surface area contributed by atoms with Crippen molar-refractivity contribution < 1.29 is 9.59 Å². The summed E-state index contributed by atoms with van der Waals surface area (Å²) in [5, 5.41) is 7.51. The van der Waals surface area contributed by atoms with Crippen molar-refractivity contribution in [2.24, 2.45) is 0 Å². The largest absolute Gasteiger partial charge is 0.336 e. The maximum absolute atomic E-state index is 12.8. The molecule has 0 aliphatic carbocycles. The maximum Gasteiger partial charge on any atom is 0.324 e. The van der Waals surface area contributed by atoms with Crippen LogP contribution in [0.4, 0.5) is 4.79 Å². The number of hydrogen-bond donors (Lipinski definition) is 1. The van der Waals surface area contributed by atoms with Crippen molar-refractivity contribution in [3.63, 3.8) is 0 Å². The van der Waals surface area contributed by atoms with Gasteiger partial charge >= 0.3 is 6.03 Å².